The van der Waals surface area contributed by atoms with Gasteiger partial charge in [0.25, 0.3) is 0 Å². The number of hydrogen-bond acceptors (Lipinski definition) is 14. The van der Waals surface area contributed by atoms with Crippen molar-refractivity contribution in [3.63, 3.8) is 0 Å². The number of hydrogen-bond donors (Lipinski definition) is 9. The zero-order chi connectivity index (χ0) is 38.1. The van der Waals surface area contributed by atoms with E-state index < -0.39 is 102 Å². The van der Waals surface area contributed by atoms with Gasteiger partial charge in [0.1, 0.15) is 36.6 Å². The number of aliphatic hydroxyl groups is 9. The molecule has 52 heavy (non-hydrogen) atoms. The minimum absolute atomic E-state index is 0.0753. The van der Waals surface area contributed by atoms with Crippen LogP contribution < -0.4 is 0 Å². The second-order valence-corrected chi connectivity index (χ2v) is 18.2. The lowest BCUT2D eigenvalue weighted by molar-refractivity contribution is -0.333. The Kier molecular flexibility index (Phi) is 11.9. The molecule has 0 aromatic carbocycles. The van der Waals surface area contributed by atoms with Gasteiger partial charge in [0, 0.05) is 31.3 Å². The first-order valence-corrected chi connectivity index (χ1v) is 19.6. The fourth-order valence-corrected chi connectivity index (χ4v) is 12.1. The van der Waals surface area contributed by atoms with Crippen molar-refractivity contribution in [1.82, 2.24) is 0 Å². The Hall–Kier alpha value is -0.560. The number of methoxy groups -OCH3 is 1. The first-order chi connectivity index (χ1) is 24.4. The summed E-state index contributed by atoms with van der Waals surface area (Å²) < 4.78 is 29.0. The van der Waals surface area contributed by atoms with Gasteiger partial charge in [-0.2, -0.15) is 0 Å². The summed E-state index contributed by atoms with van der Waals surface area (Å²) in [7, 11) is 1.40. The second kappa shape index (κ2) is 15.1. The molecule has 6 fully saturated rings. The minimum atomic E-state index is -1.58. The van der Waals surface area contributed by atoms with E-state index in [2.05, 4.69) is 13.8 Å². The largest absolute Gasteiger partial charge is 0.394 e. The molecule has 0 bridgehead atoms. The van der Waals surface area contributed by atoms with Crippen molar-refractivity contribution >= 4 is 0 Å². The molecule has 2 aliphatic heterocycles. The van der Waals surface area contributed by atoms with Gasteiger partial charge in [-0.25, -0.2) is 0 Å². The van der Waals surface area contributed by atoms with Gasteiger partial charge in [0.05, 0.1) is 48.8 Å². The molecule has 4 aliphatic carbocycles. The highest BCUT2D eigenvalue weighted by Crippen LogP contribution is 2.70. The summed E-state index contributed by atoms with van der Waals surface area (Å²) in [4.78, 5) is 0. The minimum Gasteiger partial charge on any atom is -0.394 e. The molecule has 9 N–H and O–H groups in total. The van der Waals surface area contributed by atoms with Crippen LogP contribution >= 0.6 is 0 Å². The van der Waals surface area contributed by atoms with Crippen LogP contribution in [0, 0.1) is 40.4 Å². The van der Waals surface area contributed by atoms with Crippen molar-refractivity contribution in [2.24, 2.45) is 40.4 Å². The first kappa shape index (κ1) is 41.1. The van der Waals surface area contributed by atoms with E-state index in [4.69, 9.17) is 23.7 Å². The van der Waals surface area contributed by atoms with E-state index in [0.717, 1.165) is 12.8 Å². The predicted molar refractivity (Wildman–Crippen MR) is 184 cm³/mol. The van der Waals surface area contributed by atoms with Crippen LogP contribution in [0.1, 0.15) is 92.4 Å². The smallest absolute Gasteiger partial charge is 0.186 e. The third-order valence-corrected chi connectivity index (χ3v) is 15.1. The monoisotopic (exact) mass is 746 g/mol. The van der Waals surface area contributed by atoms with Crippen LogP contribution in [0.5, 0.6) is 0 Å². The maximum Gasteiger partial charge on any atom is 0.186 e. The third kappa shape index (κ3) is 6.61. The number of ether oxygens (including phenoxy) is 5. The van der Waals surface area contributed by atoms with Gasteiger partial charge in [0.2, 0.25) is 0 Å². The molecule has 0 spiro atoms. The molecule has 14 heteroatoms. The fraction of sp³-hybridized carbons (Fsp3) is 1.00. The Morgan fingerprint density at radius 3 is 2.19 bits per heavy atom. The van der Waals surface area contributed by atoms with Gasteiger partial charge in [-0.1, -0.05) is 34.6 Å². The van der Waals surface area contributed by atoms with Gasteiger partial charge in [-0.15, -0.1) is 0 Å². The maximum absolute atomic E-state index is 12.8. The fourth-order valence-electron chi connectivity index (χ4n) is 12.1. The Balaban J connectivity index is 1.14. The third-order valence-electron chi connectivity index (χ3n) is 15.1. The number of rotatable bonds is 11. The van der Waals surface area contributed by atoms with Gasteiger partial charge in [-0.05, 0) is 74.0 Å². The second-order valence-electron chi connectivity index (χ2n) is 18.2. The average molecular weight is 747 g/mol. The van der Waals surface area contributed by atoms with Crippen molar-refractivity contribution in [2.45, 2.75) is 177 Å². The van der Waals surface area contributed by atoms with Crippen LogP contribution in [0.15, 0.2) is 0 Å². The summed E-state index contributed by atoms with van der Waals surface area (Å²) >= 11 is 0. The first-order valence-electron chi connectivity index (χ1n) is 19.6. The molecule has 20 unspecified atom stereocenters. The molecule has 4 saturated carbocycles. The highest BCUT2D eigenvalue weighted by molar-refractivity contribution is 5.24. The Morgan fingerprint density at radius 1 is 0.846 bits per heavy atom. The SMILES string of the molecule is COC1C(OC2CCC3(C)C4CCC5(C)C(C(C)CCC(OC6OC(CO)C(O)C6O)C(C)C)CC(O)C5C4(O)CC(O)C3(O)C2)OCC(O)C1O. The van der Waals surface area contributed by atoms with E-state index in [1.165, 1.54) is 7.11 Å². The maximum atomic E-state index is 12.8. The number of aliphatic hydroxyl groups excluding tert-OH is 7. The Morgan fingerprint density at radius 2 is 1.56 bits per heavy atom. The zero-order valence-corrected chi connectivity index (χ0v) is 31.7. The van der Waals surface area contributed by atoms with Crippen LogP contribution in [-0.4, -0.2) is 151 Å². The molecule has 2 heterocycles. The van der Waals surface area contributed by atoms with E-state index in [-0.39, 0.29) is 49.2 Å². The summed E-state index contributed by atoms with van der Waals surface area (Å²) in [6.07, 6.45) is -7.24. The topological polar surface area (TPSA) is 228 Å². The van der Waals surface area contributed by atoms with E-state index in [9.17, 15) is 46.0 Å². The number of fused-ring (bicyclic) bond motifs is 5. The standard InChI is InChI=1S/C38H66O14/c1-18(2)24(51-33-30(45)29(44)25(16-39)52-33)8-7-19(3)21-13-22(40)32-35(21,4)11-10-26-36(5)12-9-20(14-38(36,47)27(42)15-37(26,32)46)50-34-31(48-6)28(43)23(41)17-49-34/h18-34,39-47H,7-17H2,1-6H3. The highest BCUT2D eigenvalue weighted by atomic mass is 16.7. The lowest BCUT2D eigenvalue weighted by Gasteiger charge is -2.68. The lowest BCUT2D eigenvalue weighted by Crippen LogP contribution is -2.75. The molecule has 6 rings (SSSR count). The van der Waals surface area contributed by atoms with Crippen LogP contribution in [0.25, 0.3) is 0 Å². The van der Waals surface area contributed by atoms with E-state index >= 15 is 0 Å². The van der Waals surface area contributed by atoms with Crippen molar-refractivity contribution in [3.05, 3.63) is 0 Å². The summed E-state index contributed by atoms with van der Waals surface area (Å²) in [5.41, 5.74) is -4.29. The normalized spacial score (nSPS) is 53.3. The molecule has 6 aliphatic rings. The van der Waals surface area contributed by atoms with E-state index in [1.807, 2.05) is 20.8 Å². The van der Waals surface area contributed by atoms with Gasteiger partial charge in [0.15, 0.2) is 12.6 Å². The summed E-state index contributed by atoms with van der Waals surface area (Å²) in [5, 5.41) is 99.5. The van der Waals surface area contributed by atoms with Crippen molar-refractivity contribution in [3.8, 4) is 0 Å². The van der Waals surface area contributed by atoms with Crippen molar-refractivity contribution in [1.29, 1.82) is 0 Å². The summed E-state index contributed by atoms with van der Waals surface area (Å²) in [5.74, 6) is -0.571. The van der Waals surface area contributed by atoms with Crippen LogP contribution in [0.3, 0.4) is 0 Å². The molecule has 2 saturated heterocycles. The van der Waals surface area contributed by atoms with Gasteiger partial charge >= 0.3 is 0 Å². The van der Waals surface area contributed by atoms with Gasteiger partial charge < -0.3 is 69.6 Å². The molecular formula is C38H66O14. The van der Waals surface area contributed by atoms with Crippen LogP contribution in [0.4, 0.5) is 0 Å². The molecular weight excluding hydrogens is 680 g/mol. The molecule has 14 nitrogen and oxygen atoms in total. The zero-order valence-electron chi connectivity index (χ0n) is 31.7. The predicted octanol–water partition coefficient (Wildman–Crippen LogP) is 0.192. The lowest BCUT2D eigenvalue weighted by atomic mass is 9.40. The van der Waals surface area contributed by atoms with Gasteiger partial charge in [-0.3, -0.25) is 0 Å². The molecule has 0 aromatic heterocycles. The van der Waals surface area contributed by atoms with Crippen molar-refractivity contribution < 1.29 is 69.6 Å². The van der Waals surface area contributed by atoms with E-state index in [1.54, 1.807) is 0 Å². The molecule has 0 amide bonds. The van der Waals surface area contributed by atoms with Crippen LogP contribution in [0.2, 0.25) is 0 Å². The summed E-state index contributed by atoms with van der Waals surface area (Å²) in [6, 6.07) is 0. The Bertz CT molecular complexity index is 1230. The van der Waals surface area contributed by atoms with Crippen LogP contribution in [-0.2, 0) is 23.7 Å². The molecule has 0 aromatic rings. The summed E-state index contributed by atoms with van der Waals surface area (Å²) in [6.45, 7) is 9.80. The molecule has 302 valence electrons. The molecule has 20 atom stereocenters. The highest BCUT2D eigenvalue weighted by Gasteiger charge is 2.74. The Labute approximate surface area is 307 Å². The van der Waals surface area contributed by atoms with E-state index in [0.29, 0.717) is 32.1 Å². The molecule has 0 radical (unpaired) electrons. The quantitative estimate of drug-likeness (QED) is 0.129. The average Bonchev–Trinajstić information content (AvgIpc) is 3.52. The van der Waals surface area contributed by atoms with Crippen molar-refractivity contribution in [2.75, 3.05) is 20.3 Å².